The monoisotopic (exact) mass is 515 g/mol. The van der Waals surface area contributed by atoms with Gasteiger partial charge in [0.25, 0.3) is 5.91 Å². The highest BCUT2D eigenvalue weighted by atomic mass is 16.2. The summed E-state index contributed by atoms with van der Waals surface area (Å²) in [4.78, 5) is 34.6. The average molecular weight is 516 g/mol. The van der Waals surface area contributed by atoms with Crippen molar-refractivity contribution in [3.63, 3.8) is 0 Å². The number of para-hydroxylation sites is 1. The van der Waals surface area contributed by atoms with Gasteiger partial charge in [-0.3, -0.25) is 14.7 Å². The van der Waals surface area contributed by atoms with E-state index in [4.69, 9.17) is 4.98 Å². The minimum absolute atomic E-state index is 0.102. The third-order valence-corrected chi connectivity index (χ3v) is 6.30. The van der Waals surface area contributed by atoms with Crippen LogP contribution >= 0.6 is 0 Å². The lowest BCUT2D eigenvalue weighted by molar-refractivity contribution is -0.117. The number of aromatic nitrogens is 5. The molecule has 0 aliphatic carbocycles. The first-order valence-corrected chi connectivity index (χ1v) is 12.7. The molecule has 1 aromatic carbocycles. The fourth-order valence-electron chi connectivity index (χ4n) is 4.49. The van der Waals surface area contributed by atoms with Crippen molar-refractivity contribution in [1.29, 1.82) is 0 Å². The molecule has 38 heavy (non-hydrogen) atoms. The number of amides is 2. The number of hydrogen-bond donors (Lipinski definition) is 3. The number of nitrogens with one attached hydrogen (secondary N) is 3. The highest BCUT2D eigenvalue weighted by Crippen LogP contribution is 2.25. The molecule has 1 aliphatic rings. The van der Waals surface area contributed by atoms with Gasteiger partial charge in [-0.05, 0) is 36.6 Å². The van der Waals surface area contributed by atoms with Crippen molar-refractivity contribution in [2.45, 2.75) is 34.1 Å². The van der Waals surface area contributed by atoms with Crippen molar-refractivity contribution in [1.82, 2.24) is 29.7 Å². The van der Waals surface area contributed by atoms with E-state index in [1.165, 1.54) is 0 Å². The molecule has 3 N–H and O–H groups in total. The lowest BCUT2D eigenvalue weighted by Crippen LogP contribution is -2.49. The average Bonchev–Trinajstić information content (AvgIpc) is 3.51. The summed E-state index contributed by atoms with van der Waals surface area (Å²) in [5.41, 5.74) is 2.68. The first-order chi connectivity index (χ1) is 18.2. The van der Waals surface area contributed by atoms with Gasteiger partial charge in [-0.15, -0.1) is 5.10 Å². The molecular formula is C27H33N9O2. The molecular weight excluding hydrogens is 482 g/mol. The van der Waals surface area contributed by atoms with Crippen LogP contribution in [0, 0.1) is 12.3 Å². The molecule has 0 spiro atoms. The second-order valence-corrected chi connectivity index (χ2v) is 10.8. The molecule has 4 heterocycles. The number of nitrogens with zero attached hydrogens (tertiary/aromatic N) is 6. The molecule has 1 aliphatic heterocycles. The predicted octanol–water partition coefficient (Wildman–Crippen LogP) is 3.84. The Labute approximate surface area is 221 Å². The summed E-state index contributed by atoms with van der Waals surface area (Å²) in [5.74, 6) is 1.71. The van der Waals surface area contributed by atoms with Crippen LogP contribution < -0.4 is 15.5 Å². The van der Waals surface area contributed by atoms with Gasteiger partial charge < -0.3 is 20.4 Å². The molecule has 2 amide bonds. The SMILES string of the molecule is Cc1cc(Nc2nc(N3CCN(C(=O)c4ccccc4NC(=O)CC(C)(C)C)CC3)nn3cccc23)n[nH]1. The molecule has 1 fully saturated rings. The second-order valence-electron chi connectivity index (χ2n) is 10.8. The number of benzene rings is 1. The van der Waals surface area contributed by atoms with E-state index in [-0.39, 0.29) is 17.2 Å². The van der Waals surface area contributed by atoms with Gasteiger partial charge in [0.2, 0.25) is 11.9 Å². The minimum atomic E-state index is -0.141. The normalized spacial score (nSPS) is 14.1. The number of anilines is 4. The molecule has 11 heteroatoms. The van der Waals surface area contributed by atoms with Crippen LogP contribution in [-0.4, -0.2) is 67.7 Å². The zero-order valence-corrected chi connectivity index (χ0v) is 22.2. The molecule has 5 rings (SSSR count). The Bertz CT molecular complexity index is 1460. The van der Waals surface area contributed by atoms with Crippen molar-refractivity contribution in [3.05, 3.63) is 59.9 Å². The van der Waals surface area contributed by atoms with Gasteiger partial charge in [0.05, 0.1) is 11.3 Å². The zero-order valence-electron chi connectivity index (χ0n) is 22.2. The maximum Gasteiger partial charge on any atom is 0.256 e. The number of hydrogen-bond acceptors (Lipinski definition) is 7. The summed E-state index contributed by atoms with van der Waals surface area (Å²) in [6.07, 6.45) is 2.25. The maximum absolute atomic E-state index is 13.4. The van der Waals surface area contributed by atoms with Gasteiger partial charge in [-0.2, -0.15) is 10.1 Å². The first kappa shape index (κ1) is 25.2. The third-order valence-electron chi connectivity index (χ3n) is 6.30. The summed E-state index contributed by atoms with van der Waals surface area (Å²) < 4.78 is 1.79. The van der Waals surface area contributed by atoms with Crippen LogP contribution in [-0.2, 0) is 4.79 Å². The predicted molar refractivity (Wildman–Crippen MR) is 147 cm³/mol. The van der Waals surface area contributed by atoms with Crippen molar-refractivity contribution >= 4 is 40.6 Å². The Hall–Kier alpha value is -4.41. The van der Waals surface area contributed by atoms with Crippen LogP contribution in [0.15, 0.2) is 48.7 Å². The quantitative estimate of drug-likeness (QED) is 0.356. The molecule has 0 saturated carbocycles. The topological polar surface area (TPSA) is 124 Å². The molecule has 11 nitrogen and oxygen atoms in total. The number of H-pyrrole nitrogens is 1. The smallest absolute Gasteiger partial charge is 0.256 e. The summed E-state index contributed by atoms with van der Waals surface area (Å²) in [7, 11) is 0. The Morgan fingerprint density at radius 1 is 1.05 bits per heavy atom. The van der Waals surface area contributed by atoms with E-state index in [9.17, 15) is 9.59 Å². The molecule has 0 radical (unpaired) electrons. The fraction of sp³-hybridized carbons (Fsp3) is 0.370. The Morgan fingerprint density at radius 2 is 1.82 bits per heavy atom. The van der Waals surface area contributed by atoms with E-state index in [0.29, 0.717) is 61.4 Å². The van der Waals surface area contributed by atoms with Crippen LogP contribution in [0.5, 0.6) is 0 Å². The van der Waals surface area contributed by atoms with Crippen molar-refractivity contribution in [3.8, 4) is 0 Å². The summed E-state index contributed by atoms with van der Waals surface area (Å²) in [6.45, 7) is 10.2. The van der Waals surface area contributed by atoms with Crippen molar-refractivity contribution < 1.29 is 9.59 Å². The maximum atomic E-state index is 13.4. The zero-order chi connectivity index (χ0) is 26.9. The molecule has 0 unspecified atom stereocenters. The summed E-state index contributed by atoms with van der Waals surface area (Å²) >= 11 is 0. The van der Waals surface area contributed by atoms with Gasteiger partial charge >= 0.3 is 0 Å². The number of carbonyl (C=O) groups is 2. The number of fused-ring (bicyclic) bond motifs is 1. The number of rotatable bonds is 6. The van der Waals surface area contributed by atoms with Crippen LogP contribution in [0.25, 0.3) is 5.52 Å². The van der Waals surface area contributed by atoms with Crippen LogP contribution in [0.1, 0.15) is 43.2 Å². The Kier molecular flexibility index (Phi) is 6.75. The number of aromatic amines is 1. The molecule has 198 valence electrons. The van der Waals surface area contributed by atoms with Gasteiger partial charge in [-0.25, -0.2) is 4.52 Å². The standard InChI is InChI=1S/C27H33N9O2/c1-18-16-22(32-31-18)29-24-21-10-7-11-36(21)33-26(30-24)35-14-12-34(13-15-35)25(38)19-8-5-6-9-20(19)28-23(37)17-27(2,3)4/h5-11,16H,12-15,17H2,1-4H3,(H,28,37)(H2,29,30,31,32,33). The molecule has 0 bridgehead atoms. The van der Waals surface area contributed by atoms with Crippen LogP contribution in [0.3, 0.4) is 0 Å². The molecule has 0 atom stereocenters. The van der Waals surface area contributed by atoms with Crippen LogP contribution in [0.2, 0.25) is 0 Å². The van der Waals surface area contributed by atoms with Gasteiger partial charge in [0.15, 0.2) is 11.6 Å². The summed E-state index contributed by atoms with van der Waals surface area (Å²) in [6, 6.07) is 13.0. The van der Waals surface area contributed by atoms with E-state index >= 15 is 0 Å². The van der Waals surface area contributed by atoms with Gasteiger partial charge in [0, 0.05) is 50.6 Å². The largest absolute Gasteiger partial charge is 0.336 e. The Balaban J connectivity index is 1.28. The second kappa shape index (κ2) is 10.2. The van der Waals surface area contributed by atoms with E-state index in [0.717, 1.165) is 11.2 Å². The summed E-state index contributed by atoms with van der Waals surface area (Å²) in [5, 5.41) is 18.1. The van der Waals surface area contributed by atoms with Crippen molar-refractivity contribution in [2.75, 3.05) is 41.7 Å². The van der Waals surface area contributed by atoms with Crippen LogP contribution in [0.4, 0.5) is 23.3 Å². The van der Waals surface area contributed by atoms with E-state index in [1.807, 2.05) is 69.1 Å². The number of piperazine rings is 1. The highest BCUT2D eigenvalue weighted by Gasteiger charge is 2.26. The molecule has 1 saturated heterocycles. The van der Waals surface area contributed by atoms with Gasteiger partial charge in [0.1, 0.15) is 5.52 Å². The third kappa shape index (κ3) is 5.61. The van der Waals surface area contributed by atoms with E-state index in [1.54, 1.807) is 16.6 Å². The lowest BCUT2D eigenvalue weighted by atomic mass is 9.92. The fourth-order valence-corrected chi connectivity index (χ4v) is 4.49. The first-order valence-electron chi connectivity index (χ1n) is 12.7. The number of carbonyl (C=O) groups excluding carboxylic acids is 2. The Morgan fingerprint density at radius 3 is 2.53 bits per heavy atom. The van der Waals surface area contributed by atoms with E-state index in [2.05, 4.69) is 30.8 Å². The molecule has 4 aromatic rings. The molecule has 3 aromatic heterocycles. The van der Waals surface area contributed by atoms with Gasteiger partial charge in [-0.1, -0.05) is 32.9 Å². The lowest BCUT2D eigenvalue weighted by Gasteiger charge is -2.35. The minimum Gasteiger partial charge on any atom is -0.336 e. The number of aryl methyl sites for hydroxylation is 1. The van der Waals surface area contributed by atoms with E-state index < -0.39 is 0 Å². The highest BCUT2D eigenvalue weighted by molar-refractivity contribution is 6.03. The van der Waals surface area contributed by atoms with Crippen molar-refractivity contribution in [2.24, 2.45) is 5.41 Å².